The van der Waals surface area contributed by atoms with Crippen molar-refractivity contribution in [1.29, 1.82) is 0 Å². The van der Waals surface area contributed by atoms with E-state index in [1.165, 1.54) is 15.9 Å². The number of piperazine rings is 1. The first-order valence-corrected chi connectivity index (χ1v) is 9.78. The van der Waals surface area contributed by atoms with Crippen LogP contribution in [0.1, 0.15) is 12.8 Å². The van der Waals surface area contributed by atoms with Crippen LogP contribution in [0.25, 0.3) is 11.5 Å². The summed E-state index contributed by atoms with van der Waals surface area (Å²) in [5.74, 6) is -0.0161. The molecule has 7 nitrogen and oxygen atoms in total. The number of amides is 1. The van der Waals surface area contributed by atoms with Crippen LogP contribution in [0.5, 0.6) is 0 Å². The van der Waals surface area contributed by atoms with Crippen LogP contribution in [-0.2, 0) is 11.5 Å². The Kier molecular flexibility index (Phi) is 5.33. The molecule has 0 radical (unpaired) electrons. The third kappa shape index (κ3) is 4.60. The normalized spacial score (nSPS) is 22.6. The van der Waals surface area contributed by atoms with Crippen LogP contribution in [0.4, 0.5) is 4.39 Å². The number of aromatic nitrogens is 2. The van der Waals surface area contributed by atoms with Gasteiger partial charge in [-0.1, -0.05) is 12.1 Å². The summed E-state index contributed by atoms with van der Waals surface area (Å²) in [4.78, 5) is 14.8. The molecular formula is C18H24FN5O2S+2. The van der Waals surface area contributed by atoms with Crippen LogP contribution < -0.4 is 15.1 Å². The largest absolute Gasteiger partial charge is 0.409 e. The third-order valence-corrected chi connectivity index (χ3v) is 5.40. The van der Waals surface area contributed by atoms with Gasteiger partial charge in [0.15, 0.2) is 13.2 Å². The second kappa shape index (κ2) is 7.87. The van der Waals surface area contributed by atoms with Gasteiger partial charge in [-0.05, 0) is 37.2 Å². The maximum Gasteiger partial charge on any atom is 0.292 e. The van der Waals surface area contributed by atoms with E-state index < -0.39 is 0 Å². The molecule has 1 aliphatic carbocycles. The van der Waals surface area contributed by atoms with Gasteiger partial charge in [0.25, 0.3) is 10.7 Å². The van der Waals surface area contributed by atoms with Gasteiger partial charge < -0.3 is 19.5 Å². The highest BCUT2D eigenvalue weighted by Gasteiger charge is 2.28. The first-order chi connectivity index (χ1) is 13.1. The molecule has 1 aromatic carbocycles. The number of quaternary nitrogens is 2. The van der Waals surface area contributed by atoms with Crippen molar-refractivity contribution < 1.29 is 23.4 Å². The molecular weight excluding hydrogens is 369 g/mol. The molecule has 2 fully saturated rings. The predicted molar refractivity (Wildman–Crippen MR) is 98.1 cm³/mol. The molecule has 0 unspecified atom stereocenters. The Bertz CT molecular complexity index is 871. The lowest BCUT2D eigenvalue weighted by Crippen LogP contribution is -3.28. The van der Waals surface area contributed by atoms with Gasteiger partial charge in [-0.25, -0.2) is 4.39 Å². The van der Waals surface area contributed by atoms with E-state index in [9.17, 15) is 9.18 Å². The first kappa shape index (κ1) is 18.3. The summed E-state index contributed by atoms with van der Waals surface area (Å²) < 4.78 is 21.0. The smallest absolute Gasteiger partial charge is 0.292 e. The molecule has 2 aliphatic rings. The van der Waals surface area contributed by atoms with Crippen molar-refractivity contribution in [2.45, 2.75) is 25.6 Å². The minimum atomic E-state index is -0.380. The summed E-state index contributed by atoms with van der Waals surface area (Å²) in [6.45, 7) is 4.84. The van der Waals surface area contributed by atoms with Crippen LogP contribution in [-0.4, -0.2) is 54.5 Å². The maximum atomic E-state index is 13.9. The van der Waals surface area contributed by atoms with E-state index in [-0.39, 0.29) is 22.5 Å². The van der Waals surface area contributed by atoms with Crippen molar-refractivity contribution in [3.8, 4) is 11.5 Å². The Morgan fingerprint density at radius 3 is 2.67 bits per heavy atom. The van der Waals surface area contributed by atoms with Gasteiger partial charge in [0.1, 0.15) is 32.0 Å². The number of halogens is 1. The maximum absolute atomic E-state index is 13.9. The highest BCUT2D eigenvalue weighted by Crippen LogP contribution is 2.20. The predicted octanol–water partition coefficient (Wildman–Crippen LogP) is -0.969. The van der Waals surface area contributed by atoms with E-state index in [1.54, 1.807) is 22.9 Å². The lowest BCUT2D eigenvalue weighted by molar-refractivity contribution is -1.02. The Labute approximate surface area is 161 Å². The fourth-order valence-corrected chi connectivity index (χ4v) is 3.57. The van der Waals surface area contributed by atoms with Crippen LogP contribution in [0.15, 0.2) is 28.7 Å². The van der Waals surface area contributed by atoms with Crippen molar-refractivity contribution in [3.05, 3.63) is 34.9 Å². The molecule has 1 saturated heterocycles. The second-order valence-corrected chi connectivity index (χ2v) is 7.68. The summed E-state index contributed by atoms with van der Waals surface area (Å²) >= 11 is 5.25. The van der Waals surface area contributed by atoms with Crippen LogP contribution >= 0.6 is 12.2 Å². The molecule has 0 atom stereocenters. The highest BCUT2D eigenvalue weighted by molar-refractivity contribution is 7.71. The Morgan fingerprint density at radius 1 is 1.26 bits per heavy atom. The average Bonchev–Trinajstić information content (AvgIpc) is 3.39. The zero-order valence-corrected chi connectivity index (χ0v) is 15.9. The fraction of sp³-hybridized carbons (Fsp3) is 0.500. The quantitative estimate of drug-likeness (QED) is 0.553. The van der Waals surface area contributed by atoms with Crippen LogP contribution in [0, 0.1) is 10.7 Å². The first-order valence-electron chi connectivity index (χ1n) is 9.38. The molecule has 2 aromatic rings. The number of rotatable bonds is 6. The van der Waals surface area contributed by atoms with E-state index >= 15 is 0 Å². The van der Waals surface area contributed by atoms with Gasteiger partial charge in [0.05, 0.1) is 5.56 Å². The highest BCUT2D eigenvalue weighted by atomic mass is 32.1. The van der Waals surface area contributed by atoms with E-state index in [2.05, 4.69) is 10.4 Å². The van der Waals surface area contributed by atoms with E-state index in [4.69, 9.17) is 16.6 Å². The minimum Gasteiger partial charge on any atom is -0.409 e. The Morgan fingerprint density at radius 2 is 1.96 bits per heavy atom. The summed E-state index contributed by atoms with van der Waals surface area (Å²) in [5, 5.41) is 7.40. The zero-order chi connectivity index (χ0) is 18.8. The fourth-order valence-electron chi connectivity index (χ4n) is 3.39. The van der Waals surface area contributed by atoms with Gasteiger partial charge in [-0.2, -0.15) is 4.68 Å². The van der Waals surface area contributed by atoms with E-state index in [1.807, 2.05) is 0 Å². The molecule has 27 heavy (non-hydrogen) atoms. The van der Waals surface area contributed by atoms with Crippen molar-refractivity contribution in [3.63, 3.8) is 0 Å². The standard InChI is InChI=1S/C18H22FN5O2S/c19-15-4-2-1-3-14(15)17-21-24(18(27)26-17)12-23-9-7-22(8-10-23)11-16(25)20-13-5-6-13/h1-4,13H,5-12H2,(H,20,25)/p+2. The molecule has 2 heterocycles. The number of nitrogens with one attached hydrogen (secondary N) is 3. The van der Waals surface area contributed by atoms with Crippen LogP contribution in [0.3, 0.4) is 0 Å². The molecule has 1 aromatic heterocycles. The van der Waals surface area contributed by atoms with Gasteiger partial charge in [-0.3, -0.25) is 4.79 Å². The minimum absolute atomic E-state index is 0.157. The third-order valence-electron chi connectivity index (χ3n) is 5.10. The van der Waals surface area contributed by atoms with Gasteiger partial charge in [-0.15, -0.1) is 5.10 Å². The molecule has 0 spiro atoms. The molecule has 1 aliphatic heterocycles. The molecule has 144 valence electrons. The van der Waals surface area contributed by atoms with Gasteiger partial charge >= 0.3 is 0 Å². The van der Waals surface area contributed by atoms with Crippen molar-refractivity contribution in [1.82, 2.24) is 15.1 Å². The number of carbonyl (C=O) groups excluding carboxylic acids is 1. The summed E-state index contributed by atoms with van der Waals surface area (Å²) in [6.07, 6.45) is 2.23. The molecule has 1 amide bonds. The lowest BCUT2D eigenvalue weighted by atomic mass is 10.2. The number of nitrogens with zero attached hydrogens (tertiary/aromatic N) is 2. The monoisotopic (exact) mass is 393 g/mol. The molecule has 0 bridgehead atoms. The average molecular weight is 393 g/mol. The number of hydrogen-bond donors (Lipinski definition) is 3. The molecule has 4 rings (SSSR count). The summed E-state index contributed by atoms with van der Waals surface area (Å²) in [5.41, 5.74) is 0.313. The topological polar surface area (TPSA) is 68.9 Å². The number of hydrogen-bond acceptors (Lipinski definition) is 4. The molecule has 3 N–H and O–H groups in total. The molecule has 9 heteroatoms. The zero-order valence-electron chi connectivity index (χ0n) is 15.0. The SMILES string of the molecule is O=C(C[NH+]1CC[NH+](Cn2nc(-c3ccccc3F)oc2=S)CC1)NC1CC1. The van der Waals surface area contributed by atoms with Crippen molar-refractivity contribution in [2.24, 2.45) is 0 Å². The van der Waals surface area contributed by atoms with Gasteiger partial charge in [0.2, 0.25) is 5.89 Å². The van der Waals surface area contributed by atoms with Crippen molar-refractivity contribution >= 4 is 18.1 Å². The Balaban J connectivity index is 1.32. The lowest BCUT2D eigenvalue weighted by Gasteiger charge is -2.28. The Hall–Kier alpha value is -2.10. The van der Waals surface area contributed by atoms with E-state index in [0.29, 0.717) is 24.8 Å². The number of carbonyl (C=O) groups is 1. The summed E-state index contributed by atoms with van der Waals surface area (Å²) in [7, 11) is 0. The van der Waals surface area contributed by atoms with Crippen molar-refractivity contribution in [2.75, 3.05) is 32.7 Å². The van der Waals surface area contributed by atoms with Gasteiger partial charge in [0, 0.05) is 6.04 Å². The van der Waals surface area contributed by atoms with E-state index in [0.717, 1.165) is 39.0 Å². The van der Waals surface area contributed by atoms with Crippen LogP contribution in [0.2, 0.25) is 0 Å². The second-order valence-electron chi connectivity index (χ2n) is 7.33. The summed E-state index contributed by atoms with van der Waals surface area (Å²) in [6, 6.07) is 6.78. The molecule has 1 saturated carbocycles. The number of benzene rings is 1.